The molecule has 3 amide bonds. The topological polar surface area (TPSA) is 156 Å². The highest BCUT2D eigenvalue weighted by atomic mass is 16.6. The van der Waals surface area contributed by atoms with Gasteiger partial charge in [0.2, 0.25) is 11.8 Å². The maximum absolute atomic E-state index is 13.6. The lowest BCUT2D eigenvalue weighted by atomic mass is 10.0. The summed E-state index contributed by atoms with van der Waals surface area (Å²) in [6, 6.07) is 20.0. The molecular formula is C46H60N8O6. The Morgan fingerprint density at radius 2 is 1.35 bits per heavy atom. The number of likely N-dealkylation sites (tertiary alicyclic amines) is 1. The summed E-state index contributed by atoms with van der Waals surface area (Å²) < 4.78 is 16.3. The summed E-state index contributed by atoms with van der Waals surface area (Å²) in [6.45, 7) is 9.78. The maximum Gasteiger partial charge on any atom is 0.410 e. The lowest BCUT2D eigenvalue weighted by Crippen LogP contribution is -2.51. The number of rotatable bonds is 9. The van der Waals surface area contributed by atoms with E-state index in [4.69, 9.17) is 24.9 Å². The number of methoxy groups -OCH3 is 2. The molecule has 14 heteroatoms. The number of carbonyl (C=O) groups is 3. The van der Waals surface area contributed by atoms with Crippen LogP contribution in [0.2, 0.25) is 0 Å². The molecule has 4 aliphatic rings. The van der Waals surface area contributed by atoms with Gasteiger partial charge in [0.15, 0.2) is 0 Å². The summed E-state index contributed by atoms with van der Waals surface area (Å²) in [7, 11) is 3.31. The zero-order chi connectivity index (χ0) is 41.7. The van der Waals surface area contributed by atoms with Crippen LogP contribution in [0.3, 0.4) is 0 Å². The molecule has 2 atom stereocenters. The zero-order valence-corrected chi connectivity index (χ0v) is 34.8. The van der Waals surface area contributed by atoms with Crippen molar-refractivity contribution in [2.75, 3.05) is 60.8 Å². The highest BCUT2D eigenvalue weighted by Crippen LogP contribution is 2.39. The Labute approximate surface area is 354 Å². The summed E-state index contributed by atoms with van der Waals surface area (Å²) in [5.74, 6) is 3.05. The third kappa shape index (κ3) is 9.93. The van der Waals surface area contributed by atoms with Crippen LogP contribution in [0.25, 0.3) is 0 Å². The summed E-state index contributed by atoms with van der Waals surface area (Å²) in [6.07, 6.45) is 7.59. The van der Waals surface area contributed by atoms with Gasteiger partial charge in [-0.1, -0.05) is 31.7 Å². The van der Waals surface area contributed by atoms with Crippen molar-refractivity contribution in [3.05, 3.63) is 95.3 Å². The minimum absolute atomic E-state index is 0. The molecule has 60 heavy (non-hydrogen) atoms. The Morgan fingerprint density at radius 3 is 1.92 bits per heavy atom. The number of nitrogen functional groups attached to an aromatic ring is 1. The number of amides is 3. The van der Waals surface area contributed by atoms with Gasteiger partial charge < -0.3 is 44.9 Å². The van der Waals surface area contributed by atoms with Gasteiger partial charge in [0, 0.05) is 62.3 Å². The van der Waals surface area contributed by atoms with E-state index < -0.39 is 5.60 Å². The summed E-state index contributed by atoms with van der Waals surface area (Å²) in [5, 5.41) is 3.34. The predicted octanol–water partition coefficient (Wildman–Crippen LogP) is 6.54. The fraction of sp³-hybridized carbons (Fsp3) is 0.457. The van der Waals surface area contributed by atoms with Gasteiger partial charge in [0.05, 0.1) is 44.5 Å². The molecule has 2 fully saturated rings. The Balaban J connectivity index is 0.000000278. The third-order valence-electron chi connectivity index (χ3n) is 11.2. The number of carbonyl (C=O) groups excluding carboxylic acids is 3. The highest BCUT2D eigenvalue weighted by Gasteiger charge is 2.39. The molecule has 3 N–H and O–H groups in total. The second-order valence-corrected chi connectivity index (χ2v) is 16.5. The van der Waals surface area contributed by atoms with Gasteiger partial charge in [0.25, 0.3) is 0 Å². The molecule has 4 aromatic rings. The molecule has 2 saturated heterocycles. The lowest BCUT2D eigenvalue weighted by Gasteiger charge is -2.38. The number of ether oxygens (including phenoxy) is 3. The molecule has 2 aromatic carbocycles. The molecule has 0 spiro atoms. The molecule has 0 saturated carbocycles. The van der Waals surface area contributed by atoms with Gasteiger partial charge >= 0.3 is 6.09 Å². The van der Waals surface area contributed by atoms with E-state index in [1.54, 1.807) is 31.5 Å². The van der Waals surface area contributed by atoms with Crippen LogP contribution < -0.4 is 35.2 Å². The monoisotopic (exact) mass is 820 g/mol. The lowest BCUT2D eigenvalue weighted by molar-refractivity contribution is -0.118. The minimum atomic E-state index is -0.572. The number of nitrogens with two attached hydrogens (primary N) is 1. The van der Waals surface area contributed by atoms with Crippen molar-refractivity contribution in [2.45, 2.75) is 97.5 Å². The molecule has 6 heterocycles. The van der Waals surface area contributed by atoms with E-state index in [0.29, 0.717) is 38.4 Å². The first-order chi connectivity index (χ1) is 28.4. The van der Waals surface area contributed by atoms with Gasteiger partial charge in [-0.05, 0) is 101 Å². The number of hydrogen-bond acceptors (Lipinski definition) is 11. The van der Waals surface area contributed by atoms with Crippen LogP contribution in [0.4, 0.5) is 27.8 Å². The molecule has 8 rings (SSSR count). The fourth-order valence-electron chi connectivity index (χ4n) is 8.41. The molecule has 2 aromatic heterocycles. The number of hydrogen-bond donors (Lipinski definition) is 2. The molecule has 14 nitrogen and oxygen atoms in total. The van der Waals surface area contributed by atoms with E-state index in [2.05, 4.69) is 15.2 Å². The molecular weight excluding hydrogens is 761 g/mol. The number of pyridine rings is 2. The highest BCUT2D eigenvalue weighted by molar-refractivity contribution is 6.04. The zero-order valence-electron chi connectivity index (χ0n) is 34.8. The normalized spacial score (nSPS) is 18.4. The van der Waals surface area contributed by atoms with E-state index in [0.717, 1.165) is 89.7 Å². The van der Waals surface area contributed by atoms with Gasteiger partial charge in [-0.15, -0.1) is 0 Å². The fourth-order valence-corrected chi connectivity index (χ4v) is 8.41. The van der Waals surface area contributed by atoms with Crippen LogP contribution in [0.5, 0.6) is 11.5 Å². The van der Waals surface area contributed by atoms with E-state index in [-0.39, 0.29) is 43.8 Å². The van der Waals surface area contributed by atoms with Crippen LogP contribution in [0.15, 0.2) is 73.1 Å². The maximum atomic E-state index is 13.6. The van der Waals surface area contributed by atoms with Gasteiger partial charge in [0.1, 0.15) is 28.7 Å². The van der Waals surface area contributed by atoms with Crippen LogP contribution >= 0.6 is 0 Å². The summed E-state index contributed by atoms with van der Waals surface area (Å²) >= 11 is 0. The first-order valence-corrected chi connectivity index (χ1v) is 20.5. The number of nitrogens with one attached hydrogen (secondary N) is 1. The third-order valence-corrected chi connectivity index (χ3v) is 11.2. The molecule has 0 radical (unpaired) electrons. The Kier molecular flexibility index (Phi) is 13.8. The standard InChI is InChI=1S/C33H40N4O5.C12H16N4O.CH4/c1-33(2,3)42-32(39)35-18-6-7-25(22-35)37-29-16-17-34-31(28(29)19-30(37)38)36(20-23-8-12-26(40-4)13-9-23)21-24-10-14-27(41-5)15-11-24;13-12-9-6-11(17)16(10(9)3-5-15-12)8-2-1-4-14-7-8;/h8-17,25H,6-7,18-22H2,1-5H3;3,5,8,14H,1-2,4,6-7H2,(H2,13,15);1H4/t25-;8-;/m11./s1. The molecule has 0 unspecified atom stereocenters. The van der Waals surface area contributed by atoms with E-state index >= 15 is 0 Å². The van der Waals surface area contributed by atoms with Gasteiger partial charge in [-0.25, -0.2) is 14.8 Å². The van der Waals surface area contributed by atoms with Crippen molar-refractivity contribution in [2.24, 2.45) is 0 Å². The van der Waals surface area contributed by atoms with Crippen molar-refractivity contribution in [3.8, 4) is 11.5 Å². The summed E-state index contributed by atoms with van der Waals surface area (Å²) in [5.41, 5.74) is 11.1. The average Bonchev–Trinajstić information content (AvgIpc) is 3.77. The second kappa shape index (κ2) is 19.0. The van der Waals surface area contributed by atoms with Crippen molar-refractivity contribution in [1.82, 2.24) is 20.2 Å². The smallest absolute Gasteiger partial charge is 0.410 e. The van der Waals surface area contributed by atoms with Crippen LogP contribution in [-0.2, 0) is 40.3 Å². The largest absolute Gasteiger partial charge is 0.497 e. The van der Waals surface area contributed by atoms with Gasteiger partial charge in [-0.3, -0.25) is 9.59 Å². The number of nitrogens with zero attached hydrogens (tertiary/aromatic N) is 6. The van der Waals surface area contributed by atoms with E-state index in [1.165, 1.54) is 0 Å². The van der Waals surface area contributed by atoms with E-state index in [1.807, 2.05) is 91.2 Å². The Bertz CT molecular complexity index is 2070. The molecule has 0 aliphatic carbocycles. The van der Waals surface area contributed by atoms with Crippen molar-refractivity contribution >= 4 is 40.9 Å². The average molecular weight is 821 g/mol. The number of anilines is 4. The first-order valence-electron chi connectivity index (χ1n) is 20.5. The molecule has 4 aliphatic heterocycles. The van der Waals surface area contributed by atoms with Crippen LogP contribution in [0.1, 0.15) is 76.1 Å². The van der Waals surface area contributed by atoms with Crippen molar-refractivity contribution < 1.29 is 28.6 Å². The Hall–Kier alpha value is -5.89. The minimum Gasteiger partial charge on any atom is -0.497 e. The number of fused-ring (bicyclic) bond motifs is 2. The van der Waals surface area contributed by atoms with Crippen LogP contribution in [-0.4, -0.2) is 90.9 Å². The Morgan fingerprint density at radius 1 is 0.800 bits per heavy atom. The van der Waals surface area contributed by atoms with E-state index in [9.17, 15) is 14.4 Å². The van der Waals surface area contributed by atoms with Crippen molar-refractivity contribution in [1.29, 1.82) is 0 Å². The number of aromatic nitrogens is 2. The SMILES string of the molecule is C.COc1ccc(CN(Cc2ccc(OC)cc2)c2nccc3c2CC(=O)N3[C@@H]2CCCN(C(=O)OC(C)(C)C)C2)cc1.Nc1nccc2c1CC(=O)N2[C@@H]1CCCNC1. The predicted molar refractivity (Wildman–Crippen MR) is 235 cm³/mol. The van der Waals surface area contributed by atoms with Gasteiger partial charge in [-0.2, -0.15) is 0 Å². The number of benzene rings is 2. The van der Waals surface area contributed by atoms with Crippen LogP contribution in [0, 0.1) is 0 Å². The summed E-state index contributed by atoms with van der Waals surface area (Å²) in [4.78, 5) is 55.1. The quantitative estimate of drug-likeness (QED) is 0.189. The number of piperidine rings is 2. The molecule has 0 bridgehead atoms. The second-order valence-electron chi connectivity index (χ2n) is 16.5. The molecule has 320 valence electrons. The van der Waals surface area contributed by atoms with Crippen molar-refractivity contribution in [3.63, 3.8) is 0 Å². The first kappa shape index (κ1) is 43.7.